The van der Waals surface area contributed by atoms with Gasteiger partial charge in [0, 0.05) is 17.2 Å². The molecule has 1 aromatic carbocycles. The average Bonchev–Trinajstić information content (AvgIpc) is 2.36. The largest absolute Gasteiger partial charge is 0.455 e. The van der Waals surface area contributed by atoms with Crippen LogP contribution in [0.2, 0.25) is 0 Å². The number of nitrogens with one attached hydrogen (secondary N) is 1. The number of hydrogen-bond donors (Lipinski definition) is 1. The molecule has 4 heteroatoms. The Hall–Kier alpha value is -1.39. The number of pyridine rings is 1. The lowest BCUT2D eigenvalue weighted by atomic mass is 10.2. The van der Waals surface area contributed by atoms with Crippen LogP contribution in [-0.4, -0.2) is 12.0 Å². The van der Waals surface area contributed by atoms with E-state index in [4.69, 9.17) is 4.74 Å². The van der Waals surface area contributed by atoms with Gasteiger partial charge in [0.25, 0.3) is 0 Å². The highest BCUT2D eigenvalue weighted by atomic mass is 79.9. The van der Waals surface area contributed by atoms with Gasteiger partial charge in [0.1, 0.15) is 11.5 Å². The molecular weight excluding hydrogens is 292 g/mol. The smallest absolute Gasteiger partial charge is 0.148 e. The third-order valence-electron chi connectivity index (χ3n) is 2.58. The monoisotopic (exact) mass is 306 g/mol. The van der Waals surface area contributed by atoms with Crippen LogP contribution in [-0.2, 0) is 6.54 Å². The summed E-state index contributed by atoms with van der Waals surface area (Å²) in [5.74, 6) is 1.59. The second-order valence-electron chi connectivity index (χ2n) is 3.97. The molecule has 0 unspecified atom stereocenters. The van der Waals surface area contributed by atoms with Crippen molar-refractivity contribution in [2.24, 2.45) is 0 Å². The maximum absolute atomic E-state index is 5.81. The molecular formula is C14H15BrN2O. The van der Waals surface area contributed by atoms with Crippen molar-refractivity contribution in [1.29, 1.82) is 0 Å². The highest BCUT2D eigenvalue weighted by Crippen LogP contribution is 2.28. The van der Waals surface area contributed by atoms with Gasteiger partial charge in [-0.15, -0.1) is 0 Å². The van der Waals surface area contributed by atoms with E-state index in [-0.39, 0.29) is 0 Å². The van der Waals surface area contributed by atoms with Gasteiger partial charge in [0.15, 0.2) is 0 Å². The van der Waals surface area contributed by atoms with Gasteiger partial charge in [-0.05, 0) is 43.8 Å². The van der Waals surface area contributed by atoms with Crippen LogP contribution in [0.5, 0.6) is 11.5 Å². The second-order valence-corrected chi connectivity index (χ2v) is 4.83. The van der Waals surface area contributed by atoms with E-state index in [1.165, 1.54) is 5.56 Å². The summed E-state index contributed by atoms with van der Waals surface area (Å²) in [5, 5.41) is 3.12. The van der Waals surface area contributed by atoms with Crippen molar-refractivity contribution in [3.8, 4) is 11.5 Å². The normalized spacial score (nSPS) is 10.4. The zero-order valence-electron chi connectivity index (χ0n) is 10.4. The number of rotatable bonds is 4. The number of aryl methyl sites for hydroxylation is 1. The summed E-state index contributed by atoms with van der Waals surface area (Å²) in [7, 11) is 1.93. The summed E-state index contributed by atoms with van der Waals surface area (Å²) in [6, 6.07) is 9.76. The lowest BCUT2D eigenvalue weighted by Gasteiger charge is -2.10. The Morgan fingerprint density at radius 3 is 2.83 bits per heavy atom. The molecule has 0 aliphatic heterocycles. The molecule has 0 bridgehead atoms. The molecule has 2 aromatic rings. The Labute approximate surface area is 115 Å². The van der Waals surface area contributed by atoms with Crippen LogP contribution in [0.25, 0.3) is 0 Å². The Bertz CT molecular complexity index is 543. The number of aromatic nitrogens is 1. The zero-order valence-corrected chi connectivity index (χ0v) is 12.0. The number of halogens is 1. The molecule has 0 atom stereocenters. The fourth-order valence-electron chi connectivity index (χ4n) is 1.63. The van der Waals surface area contributed by atoms with Gasteiger partial charge in [-0.1, -0.05) is 22.0 Å². The fourth-order valence-corrected chi connectivity index (χ4v) is 2.13. The van der Waals surface area contributed by atoms with Crippen molar-refractivity contribution in [2.45, 2.75) is 13.5 Å². The molecule has 0 aliphatic rings. The molecule has 0 aliphatic carbocycles. The third-order valence-corrected chi connectivity index (χ3v) is 3.32. The van der Waals surface area contributed by atoms with E-state index in [0.29, 0.717) is 0 Å². The van der Waals surface area contributed by atoms with Crippen LogP contribution < -0.4 is 10.1 Å². The Balaban J connectivity index is 2.20. The molecule has 1 aromatic heterocycles. The predicted molar refractivity (Wildman–Crippen MR) is 76.0 cm³/mol. The molecule has 0 saturated carbocycles. The summed E-state index contributed by atoms with van der Waals surface area (Å²) < 4.78 is 6.85. The Kier molecular flexibility index (Phi) is 4.33. The number of nitrogens with zero attached hydrogens (tertiary/aromatic N) is 1. The third kappa shape index (κ3) is 3.09. The minimum absolute atomic E-state index is 0.783. The van der Waals surface area contributed by atoms with E-state index in [1.807, 2.05) is 44.3 Å². The zero-order chi connectivity index (χ0) is 13.0. The van der Waals surface area contributed by atoms with Crippen molar-refractivity contribution in [3.63, 3.8) is 0 Å². The second kappa shape index (κ2) is 5.98. The first-order chi connectivity index (χ1) is 8.70. The molecule has 18 heavy (non-hydrogen) atoms. The van der Waals surface area contributed by atoms with Crippen LogP contribution in [0.3, 0.4) is 0 Å². The fraction of sp³-hybridized carbons (Fsp3) is 0.214. The highest BCUT2D eigenvalue weighted by molar-refractivity contribution is 9.10. The first-order valence-corrected chi connectivity index (χ1v) is 6.52. The van der Waals surface area contributed by atoms with Gasteiger partial charge in [-0.25, -0.2) is 0 Å². The summed E-state index contributed by atoms with van der Waals surface area (Å²) in [6.45, 7) is 2.76. The minimum Gasteiger partial charge on any atom is -0.455 e. The number of hydrogen-bond acceptors (Lipinski definition) is 3. The lowest BCUT2D eigenvalue weighted by Crippen LogP contribution is -2.05. The SMILES string of the molecule is CNCc1ccc(Oc2cccnc2C)cc1Br. The molecule has 94 valence electrons. The van der Waals surface area contributed by atoms with Crippen molar-refractivity contribution in [1.82, 2.24) is 10.3 Å². The van der Waals surface area contributed by atoms with Crippen LogP contribution >= 0.6 is 15.9 Å². The van der Waals surface area contributed by atoms with E-state index in [1.54, 1.807) is 6.20 Å². The molecule has 0 saturated heterocycles. The van der Waals surface area contributed by atoms with Gasteiger partial charge in [-0.2, -0.15) is 0 Å². The molecule has 3 nitrogen and oxygen atoms in total. The molecule has 1 N–H and O–H groups in total. The quantitative estimate of drug-likeness (QED) is 0.936. The predicted octanol–water partition coefficient (Wildman–Crippen LogP) is 3.66. The van der Waals surface area contributed by atoms with E-state index in [9.17, 15) is 0 Å². The molecule has 2 rings (SSSR count). The highest BCUT2D eigenvalue weighted by Gasteiger charge is 2.04. The molecule has 1 heterocycles. The van der Waals surface area contributed by atoms with E-state index < -0.39 is 0 Å². The van der Waals surface area contributed by atoms with Crippen LogP contribution in [0.4, 0.5) is 0 Å². The van der Waals surface area contributed by atoms with Crippen molar-refractivity contribution in [3.05, 3.63) is 52.3 Å². The van der Waals surface area contributed by atoms with Gasteiger partial charge < -0.3 is 10.1 Å². The van der Waals surface area contributed by atoms with Crippen molar-refractivity contribution >= 4 is 15.9 Å². The molecule has 0 fully saturated rings. The van der Waals surface area contributed by atoms with Crippen LogP contribution in [0.1, 0.15) is 11.3 Å². The lowest BCUT2D eigenvalue weighted by molar-refractivity contribution is 0.475. The molecule has 0 radical (unpaired) electrons. The maximum Gasteiger partial charge on any atom is 0.148 e. The average molecular weight is 307 g/mol. The first kappa shape index (κ1) is 13.1. The summed E-state index contributed by atoms with van der Waals surface area (Å²) in [6.07, 6.45) is 1.76. The van der Waals surface area contributed by atoms with Gasteiger partial charge in [-0.3, -0.25) is 4.98 Å². The van der Waals surface area contributed by atoms with Gasteiger partial charge in [0.05, 0.1) is 5.69 Å². The minimum atomic E-state index is 0.783. The summed E-state index contributed by atoms with van der Waals surface area (Å²) in [4.78, 5) is 4.20. The Morgan fingerprint density at radius 1 is 1.33 bits per heavy atom. The number of benzene rings is 1. The van der Waals surface area contributed by atoms with Gasteiger partial charge >= 0.3 is 0 Å². The molecule has 0 spiro atoms. The van der Waals surface area contributed by atoms with Crippen molar-refractivity contribution < 1.29 is 4.74 Å². The van der Waals surface area contributed by atoms with E-state index >= 15 is 0 Å². The van der Waals surface area contributed by atoms with Crippen molar-refractivity contribution in [2.75, 3.05) is 7.05 Å². The van der Waals surface area contributed by atoms with Crippen LogP contribution in [0, 0.1) is 6.92 Å². The summed E-state index contributed by atoms with van der Waals surface area (Å²) in [5.41, 5.74) is 2.08. The van der Waals surface area contributed by atoms with E-state index in [2.05, 4.69) is 26.2 Å². The summed E-state index contributed by atoms with van der Waals surface area (Å²) >= 11 is 3.54. The molecule has 0 amide bonds. The van der Waals surface area contributed by atoms with Crippen LogP contribution in [0.15, 0.2) is 41.0 Å². The topological polar surface area (TPSA) is 34.1 Å². The van der Waals surface area contributed by atoms with E-state index in [0.717, 1.165) is 28.2 Å². The number of ether oxygens (including phenoxy) is 1. The Morgan fingerprint density at radius 2 is 2.17 bits per heavy atom. The first-order valence-electron chi connectivity index (χ1n) is 5.73. The van der Waals surface area contributed by atoms with Gasteiger partial charge in [0.2, 0.25) is 0 Å². The standard InChI is InChI=1S/C14H15BrN2O/c1-10-14(4-3-7-17-10)18-12-6-5-11(9-16-2)13(15)8-12/h3-8,16H,9H2,1-2H3. The maximum atomic E-state index is 5.81.